The van der Waals surface area contributed by atoms with Gasteiger partial charge in [0.1, 0.15) is 5.82 Å². The van der Waals surface area contributed by atoms with Gasteiger partial charge in [0.25, 0.3) is 5.69 Å². The largest absolute Gasteiger partial charge is 0.493 e. The summed E-state index contributed by atoms with van der Waals surface area (Å²) in [5.74, 6) is -1.08. The summed E-state index contributed by atoms with van der Waals surface area (Å²) in [7, 11) is 2.72. The maximum absolute atomic E-state index is 13.2. The number of nitrogens with zero attached hydrogens (tertiary/aromatic N) is 3. The molecule has 0 amide bonds. The van der Waals surface area contributed by atoms with Crippen LogP contribution in [0.5, 0.6) is 11.5 Å². The van der Waals surface area contributed by atoms with Crippen LogP contribution in [0.4, 0.5) is 30.4 Å². The van der Waals surface area contributed by atoms with Crippen LogP contribution >= 0.6 is 0 Å². The zero-order valence-electron chi connectivity index (χ0n) is 14.6. The molecule has 1 heterocycles. The predicted molar refractivity (Wildman–Crippen MR) is 94.0 cm³/mol. The molecule has 0 aliphatic rings. The molecule has 0 radical (unpaired) electrons. The molecule has 8 nitrogen and oxygen atoms in total. The number of methoxy groups -OCH3 is 2. The number of hydrogen-bond donors (Lipinski definition) is 1. The van der Waals surface area contributed by atoms with Gasteiger partial charge < -0.3 is 14.8 Å². The Kier molecular flexibility index (Phi) is 4.91. The van der Waals surface area contributed by atoms with Crippen molar-refractivity contribution in [3.05, 3.63) is 52.3 Å². The second-order valence-electron chi connectivity index (χ2n) is 5.55. The number of aromatic nitrogens is 2. The first-order valence-electron chi connectivity index (χ1n) is 7.75. The molecule has 0 saturated heterocycles. The van der Waals surface area contributed by atoms with Gasteiger partial charge in [0.15, 0.2) is 11.5 Å². The van der Waals surface area contributed by atoms with Crippen molar-refractivity contribution >= 4 is 28.1 Å². The monoisotopic (exact) mass is 394 g/mol. The van der Waals surface area contributed by atoms with Crippen molar-refractivity contribution < 1.29 is 27.6 Å². The minimum Gasteiger partial charge on any atom is -0.493 e. The van der Waals surface area contributed by atoms with E-state index >= 15 is 0 Å². The summed E-state index contributed by atoms with van der Waals surface area (Å²) in [5, 5.41) is 13.8. The molecule has 3 aromatic rings. The summed E-state index contributed by atoms with van der Waals surface area (Å²) in [5.41, 5.74) is -0.0660. The quantitative estimate of drug-likeness (QED) is 0.508. The molecule has 146 valence electrons. The van der Waals surface area contributed by atoms with E-state index in [0.29, 0.717) is 0 Å². The number of hydrogen-bond acceptors (Lipinski definition) is 7. The van der Waals surface area contributed by atoms with E-state index in [-0.39, 0.29) is 39.6 Å². The van der Waals surface area contributed by atoms with Crippen LogP contribution in [0.15, 0.2) is 36.4 Å². The van der Waals surface area contributed by atoms with Crippen LogP contribution < -0.4 is 14.8 Å². The minimum atomic E-state index is -4.79. The van der Waals surface area contributed by atoms with Gasteiger partial charge in [0, 0.05) is 29.3 Å². The molecular weight excluding hydrogens is 381 g/mol. The topological polar surface area (TPSA) is 99.4 Å². The second-order valence-corrected chi connectivity index (χ2v) is 5.55. The number of nitro benzene ring substituents is 1. The number of non-ortho nitro benzene ring substituents is 1. The SMILES string of the molecule is COc1cc2nc(C(F)(F)F)nc(Nc3cccc([N+](=O)[O-])c3)c2cc1OC. The van der Waals surface area contributed by atoms with Crippen LogP contribution in [-0.2, 0) is 6.18 Å². The third-order valence-corrected chi connectivity index (χ3v) is 3.77. The molecule has 0 saturated carbocycles. The molecule has 0 aliphatic carbocycles. The first-order chi connectivity index (χ1) is 13.2. The molecule has 28 heavy (non-hydrogen) atoms. The molecule has 0 spiro atoms. The van der Waals surface area contributed by atoms with Gasteiger partial charge in [-0.25, -0.2) is 9.97 Å². The van der Waals surface area contributed by atoms with Gasteiger partial charge in [0.2, 0.25) is 5.82 Å². The Morgan fingerprint density at radius 3 is 2.36 bits per heavy atom. The average Bonchev–Trinajstić information content (AvgIpc) is 2.66. The molecule has 0 bridgehead atoms. The van der Waals surface area contributed by atoms with Crippen molar-refractivity contribution in [1.82, 2.24) is 9.97 Å². The summed E-state index contributed by atoms with van der Waals surface area (Å²) in [6.45, 7) is 0. The normalized spacial score (nSPS) is 11.3. The zero-order chi connectivity index (χ0) is 20.5. The van der Waals surface area contributed by atoms with Crippen molar-refractivity contribution in [2.45, 2.75) is 6.18 Å². The maximum Gasteiger partial charge on any atom is 0.451 e. The highest BCUT2D eigenvalue weighted by molar-refractivity contribution is 5.93. The fourth-order valence-electron chi connectivity index (χ4n) is 2.51. The van der Waals surface area contributed by atoms with Crippen LogP contribution in [0.1, 0.15) is 5.82 Å². The lowest BCUT2D eigenvalue weighted by atomic mass is 10.2. The summed E-state index contributed by atoms with van der Waals surface area (Å²) >= 11 is 0. The molecule has 1 N–H and O–H groups in total. The number of benzene rings is 2. The first-order valence-corrected chi connectivity index (χ1v) is 7.75. The van der Waals surface area contributed by atoms with Crippen molar-refractivity contribution in [3.63, 3.8) is 0 Å². The zero-order valence-corrected chi connectivity index (χ0v) is 14.6. The Morgan fingerprint density at radius 2 is 1.75 bits per heavy atom. The lowest BCUT2D eigenvalue weighted by Crippen LogP contribution is -2.13. The number of rotatable bonds is 5. The number of nitro groups is 1. The van der Waals surface area contributed by atoms with Crippen LogP contribution in [0.2, 0.25) is 0 Å². The Hall–Kier alpha value is -3.63. The second kappa shape index (κ2) is 7.18. The Bertz CT molecular complexity index is 1060. The molecule has 0 unspecified atom stereocenters. The fourth-order valence-corrected chi connectivity index (χ4v) is 2.51. The standard InChI is InChI=1S/C17H13F3N4O4/c1-27-13-7-11-12(8-14(13)28-2)22-16(17(18,19)20)23-15(11)21-9-4-3-5-10(6-9)24(25)26/h3-8H,1-2H3,(H,21,22,23). The highest BCUT2D eigenvalue weighted by Gasteiger charge is 2.36. The molecule has 0 fully saturated rings. The van der Waals surface area contributed by atoms with Crippen LogP contribution in [0, 0.1) is 10.1 Å². The van der Waals surface area contributed by atoms with Gasteiger partial charge in [-0.2, -0.15) is 13.2 Å². The highest BCUT2D eigenvalue weighted by Crippen LogP contribution is 2.37. The number of halogens is 3. The van der Waals surface area contributed by atoms with Crippen molar-refractivity contribution in [1.29, 1.82) is 0 Å². The fraction of sp³-hybridized carbons (Fsp3) is 0.176. The number of fused-ring (bicyclic) bond motifs is 1. The van der Waals surface area contributed by atoms with Crippen molar-refractivity contribution in [2.24, 2.45) is 0 Å². The Morgan fingerprint density at radius 1 is 1.07 bits per heavy atom. The van der Waals surface area contributed by atoms with E-state index in [0.717, 1.165) is 0 Å². The third-order valence-electron chi connectivity index (χ3n) is 3.77. The summed E-state index contributed by atoms with van der Waals surface area (Å²) in [6, 6.07) is 8.03. The van der Waals surface area contributed by atoms with Crippen molar-refractivity contribution in [2.75, 3.05) is 19.5 Å². The van der Waals surface area contributed by atoms with E-state index < -0.39 is 16.9 Å². The van der Waals surface area contributed by atoms with E-state index in [1.165, 1.54) is 50.6 Å². The maximum atomic E-state index is 13.2. The molecule has 3 rings (SSSR count). The lowest BCUT2D eigenvalue weighted by molar-refractivity contribution is -0.384. The van der Waals surface area contributed by atoms with Gasteiger partial charge in [0.05, 0.1) is 24.7 Å². The molecular formula is C17H13F3N4O4. The van der Waals surface area contributed by atoms with E-state index in [9.17, 15) is 23.3 Å². The van der Waals surface area contributed by atoms with Crippen LogP contribution in [0.3, 0.4) is 0 Å². The summed E-state index contributed by atoms with van der Waals surface area (Å²) in [6.07, 6.45) is -4.79. The smallest absolute Gasteiger partial charge is 0.451 e. The molecule has 2 aromatic carbocycles. The Balaban J connectivity index is 2.21. The molecule has 11 heteroatoms. The van der Waals surface area contributed by atoms with Gasteiger partial charge >= 0.3 is 6.18 Å². The van der Waals surface area contributed by atoms with Crippen LogP contribution in [-0.4, -0.2) is 29.1 Å². The third kappa shape index (κ3) is 3.72. The van der Waals surface area contributed by atoms with Crippen molar-refractivity contribution in [3.8, 4) is 11.5 Å². The van der Waals surface area contributed by atoms with E-state index in [2.05, 4.69) is 15.3 Å². The predicted octanol–water partition coefficient (Wildman–Crippen LogP) is 4.32. The minimum absolute atomic E-state index is 0.0343. The first kappa shape index (κ1) is 19.1. The lowest BCUT2D eigenvalue weighted by Gasteiger charge is -2.14. The average molecular weight is 394 g/mol. The molecule has 0 atom stereocenters. The molecule has 0 aliphatic heterocycles. The summed E-state index contributed by atoms with van der Waals surface area (Å²) in [4.78, 5) is 17.4. The number of anilines is 2. The van der Waals surface area contributed by atoms with Gasteiger partial charge in [-0.1, -0.05) is 6.07 Å². The van der Waals surface area contributed by atoms with Gasteiger partial charge in [-0.15, -0.1) is 0 Å². The van der Waals surface area contributed by atoms with Gasteiger partial charge in [-0.3, -0.25) is 10.1 Å². The van der Waals surface area contributed by atoms with E-state index in [1.807, 2.05) is 0 Å². The number of nitrogens with one attached hydrogen (secondary N) is 1. The highest BCUT2D eigenvalue weighted by atomic mass is 19.4. The van der Waals surface area contributed by atoms with Crippen LogP contribution in [0.25, 0.3) is 10.9 Å². The van der Waals surface area contributed by atoms with E-state index in [1.54, 1.807) is 0 Å². The van der Waals surface area contributed by atoms with Gasteiger partial charge in [-0.05, 0) is 12.1 Å². The molecule has 1 aromatic heterocycles. The van der Waals surface area contributed by atoms with E-state index in [4.69, 9.17) is 9.47 Å². The Labute approximate surface area is 156 Å². The summed E-state index contributed by atoms with van der Waals surface area (Å²) < 4.78 is 50.0. The number of ether oxygens (including phenoxy) is 2. The number of alkyl halides is 3.